The monoisotopic (exact) mass is 605 g/mol. The number of nitrogens with two attached hydrogens (primary N) is 1. The maximum atomic E-state index is 14.0. The molecule has 6 rings (SSSR count). The molecule has 0 aliphatic heterocycles. The van der Waals surface area contributed by atoms with Gasteiger partial charge >= 0.3 is 6.03 Å². The molecule has 1 saturated carbocycles. The Morgan fingerprint density at radius 3 is 2.53 bits per heavy atom. The molecule has 0 atom stereocenters. The summed E-state index contributed by atoms with van der Waals surface area (Å²) in [5.74, 6) is 1.28. The van der Waals surface area contributed by atoms with Gasteiger partial charge in [0.1, 0.15) is 0 Å². The largest absolute Gasteiger partial charge is 0.366 e. The third-order valence-corrected chi connectivity index (χ3v) is 8.12. The van der Waals surface area contributed by atoms with E-state index < -0.39 is 5.91 Å². The number of tetrazole rings is 1. The second-order valence-electron chi connectivity index (χ2n) is 11.6. The Morgan fingerprint density at radius 2 is 1.84 bits per heavy atom. The van der Waals surface area contributed by atoms with E-state index in [4.69, 9.17) is 10.3 Å². The van der Waals surface area contributed by atoms with E-state index in [0.717, 1.165) is 11.3 Å². The number of aromatic amines is 1. The molecule has 230 valence electrons. The van der Waals surface area contributed by atoms with E-state index in [-0.39, 0.29) is 29.9 Å². The minimum atomic E-state index is -0.615. The summed E-state index contributed by atoms with van der Waals surface area (Å²) in [4.78, 5) is 32.3. The number of primary amides is 1. The van der Waals surface area contributed by atoms with E-state index >= 15 is 0 Å². The molecule has 1 aliphatic rings. The summed E-state index contributed by atoms with van der Waals surface area (Å²) in [5.41, 5.74) is 10.3. The molecular weight excluding hydrogens is 570 g/mol. The van der Waals surface area contributed by atoms with Gasteiger partial charge in [-0.2, -0.15) is 10.2 Å². The van der Waals surface area contributed by atoms with Gasteiger partial charge in [-0.25, -0.2) is 4.79 Å². The molecule has 1 fully saturated rings. The molecule has 0 unspecified atom stereocenters. The van der Waals surface area contributed by atoms with Crippen molar-refractivity contribution in [3.63, 3.8) is 0 Å². The van der Waals surface area contributed by atoms with Crippen LogP contribution in [0.4, 0.5) is 16.2 Å². The molecule has 12 nitrogen and oxygen atoms in total. The molecule has 3 amide bonds. The van der Waals surface area contributed by atoms with Crippen molar-refractivity contribution in [1.82, 2.24) is 30.8 Å². The van der Waals surface area contributed by atoms with E-state index in [1.807, 2.05) is 44.2 Å². The fraction of sp³-hybridized carbons (Fsp3) is 0.303. The molecule has 0 saturated heterocycles. The number of nitrogens with one attached hydrogen (secondary N) is 2. The topological polar surface area (TPSA) is 169 Å². The number of benzene rings is 3. The quantitative estimate of drug-likeness (QED) is 0.173. The van der Waals surface area contributed by atoms with Gasteiger partial charge in [0, 0.05) is 28.4 Å². The summed E-state index contributed by atoms with van der Waals surface area (Å²) in [5, 5.41) is 21.2. The Balaban J connectivity index is 1.31. The lowest BCUT2D eigenvalue weighted by Crippen LogP contribution is -2.34. The number of urea groups is 1. The molecule has 0 spiro atoms. The van der Waals surface area contributed by atoms with E-state index in [0.29, 0.717) is 34.4 Å². The molecular formula is C33H35N9O3. The molecule has 12 heteroatoms. The number of H-pyrrole nitrogens is 1. The van der Waals surface area contributed by atoms with E-state index in [2.05, 4.69) is 48.2 Å². The standard InChI is InChI=1S/C33H35N9O3/c1-20(2)30-36-32(45-39-30)24-9-6-10-25(18-24)35-33(44)42(26-14-12-23(13-15-26)22-7-4-3-5-8-22)19-21-11-16-27(29(34)43)28(17-21)31-37-40-41-38-31/h6,9-18,20,22H,3-5,7-8,19H2,1-2H3,(H2,34,43)(H,35,44)(H,37,38,40,41). The zero-order valence-corrected chi connectivity index (χ0v) is 25.2. The van der Waals surface area contributed by atoms with Crippen molar-refractivity contribution in [3.8, 4) is 22.8 Å². The maximum Gasteiger partial charge on any atom is 0.326 e. The molecule has 0 radical (unpaired) electrons. The first kappa shape index (κ1) is 29.7. The first-order chi connectivity index (χ1) is 21.9. The van der Waals surface area contributed by atoms with Crippen LogP contribution in [0.15, 0.2) is 71.3 Å². The van der Waals surface area contributed by atoms with Crippen LogP contribution in [0.3, 0.4) is 0 Å². The Labute approximate surface area is 260 Å². The highest BCUT2D eigenvalue weighted by Gasteiger charge is 2.22. The first-order valence-corrected chi connectivity index (χ1v) is 15.1. The minimum Gasteiger partial charge on any atom is -0.366 e. The fourth-order valence-corrected chi connectivity index (χ4v) is 5.70. The number of anilines is 2. The Bertz CT molecular complexity index is 1780. The van der Waals surface area contributed by atoms with Gasteiger partial charge in [0.15, 0.2) is 5.82 Å². The van der Waals surface area contributed by atoms with Gasteiger partial charge in [-0.05, 0) is 77.6 Å². The van der Waals surface area contributed by atoms with Crippen LogP contribution in [-0.4, -0.2) is 42.7 Å². The first-order valence-electron chi connectivity index (χ1n) is 15.1. The third-order valence-electron chi connectivity index (χ3n) is 8.12. The summed E-state index contributed by atoms with van der Waals surface area (Å²) in [6.45, 7) is 4.18. The zero-order chi connectivity index (χ0) is 31.3. The zero-order valence-electron chi connectivity index (χ0n) is 25.2. The van der Waals surface area contributed by atoms with Gasteiger partial charge in [0.2, 0.25) is 11.7 Å². The minimum absolute atomic E-state index is 0.126. The lowest BCUT2D eigenvalue weighted by Gasteiger charge is -2.26. The third kappa shape index (κ3) is 6.74. The number of rotatable bonds is 9. The van der Waals surface area contributed by atoms with E-state index in [1.54, 1.807) is 29.2 Å². The van der Waals surface area contributed by atoms with Crippen LogP contribution < -0.4 is 16.0 Å². The van der Waals surface area contributed by atoms with Crippen molar-refractivity contribution in [2.24, 2.45) is 5.73 Å². The molecule has 4 N–H and O–H groups in total. The van der Waals surface area contributed by atoms with Crippen LogP contribution in [0.1, 0.15) is 85.1 Å². The van der Waals surface area contributed by atoms with Gasteiger partial charge in [-0.3, -0.25) is 9.69 Å². The number of carbonyl (C=O) groups excluding carboxylic acids is 2. The summed E-state index contributed by atoms with van der Waals surface area (Å²) in [6.07, 6.45) is 6.14. The van der Waals surface area contributed by atoms with Crippen LogP contribution in [-0.2, 0) is 6.54 Å². The van der Waals surface area contributed by atoms with E-state index in [1.165, 1.54) is 37.7 Å². The van der Waals surface area contributed by atoms with Crippen molar-refractivity contribution in [1.29, 1.82) is 0 Å². The van der Waals surface area contributed by atoms with Crippen LogP contribution >= 0.6 is 0 Å². The SMILES string of the molecule is CC(C)c1noc(-c2cccc(NC(=O)N(Cc3ccc(C(N)=O)c(-c4nn[nH]n4)c3)c3ccc(C4CCCCC4)cc3)c2)n1. The normalized spacial score (nSPS) is 13.6. The van der Waals surface area contributed by atoms with Crippen LogP contribution in [0.25, 0.3) is 22.8 Å². The maximum absolute atomic E-state index is 14.0. The second-order valence-corrected chi connectivity index (χ2v) is 11.6. The average Bonchev–Trinajstić information content (AvgIpc) is 3.78. The number of aromatic nitrogens is 6. The predicted octanol–water partition coefficient (Wildman–Crippen LogP) is 6.43. The summed E-state index contributed by atoms with van der Waals surface area (Å²) < 4.78 is 5.46. The Hall–Kier alpha value is -5.39. The number of nitrogens with zero attached hydrogens (tertiary/aromatic N) is 6. The van der Waals surface area contributed by atoms with Crippen LogP contribution in [0.2, 0.25) is 0 Å². The smallest absolute Gasteiger partial charge is 0.326 e. The lowest BCUT2D eigenvalue weighted by atomic mass is 9.84. The molecule has 2 heterocycles. The molecule has 0 bridgehead atoms. The van der Waals surface area contributed by atoms with Gasteiger partial charge in [-0.15, -0.1) is 10.2 Å². The van der Waals surface area contributed by atoms with Crippen molar-refractivity contribution < 1.29 is 14.1 Å². The van der Waals surface area contributed by atoms with Gasteiger partial charge in [-0.1, -0.05) is 62.5 Å². The Morgan fingerprint density at radius 1 is 1.04 bits per heavy atom. The lowest BCUT2D eigenvalue weighted by molar-refractivity contribution is 0.100. The molecule has 2 aromatic heterocycles. The highest BCUT2D eigenvalue weighted by atomic mass is 16.5. The van der Waals surface area contributed by atoms with Gasteiger partial charge < -0.3 is 15.6 Å². The summed E-state index contributed by atoms with van der Waals surface area (Å²) in [6, 6.07) is 20.3. The number of hydrogen-bond acceptors (Lipinski definition) is 8. The summed E-state index contributed by atoms with van der Waals surface area (Å²) >= 11 is 0. The van der Waals surface area contributed by atoms with E-state index in [9.17, 15) is 9.59 Å². The van der Waals surface area contributed by atoms with Gasteiger partial charge in [0.25, 0.3) is 5.89 Å². The van der Waals surface area contributed by atoms with Crippen LogP contribution in [0.5, 0.6) is 0 Å². The fourth-order valence-electron chi connectivity index (χ4n) is 5.70. The second kappa shape index (κ2) is 13.1. The molecule has 1 aliphatic carbocycles. The Kier molecular flexibility index (Phi) is 8.63. The molecule has 3 aromatic carbocycles. The average molecular weight is 606 g/mol. The number of amides is 3. The highest BCUT2D eigenvalue weighted by molar-refractivity contribution is 6.02. The summed E-state index contributed by atoms with van der Waals surface area (Å²) in [7, 11) is 0. The number of carbonyl (C=O) groups is 2. The van der Waals surface area contributed by atoms with Crippen molar-refractivity contribution in [2.75, 3.05) is 10.2 Å². The molecule has 5 aromatic rings. The van der Waals surface area contributed by atoms with Gasteiger partial charge in [0.05, 0.1) is 12.1 Å². The van der Waals surface area contributed by atoms with Crippen molar-refractivity contribution >= 4 is 23.3 Å². The van der Waals surface area contributed by atoms with Crippen molar-refractivity contribution in [2.45, 2.75) is 64.3 Å². The number of hydrogen-bond donors (Lipinski definition) is 3. The predicted molar refractivity (Wildman–Crippen MR) is 169 cm³/mol. The van der Waals surface area contributed by atoms with Crippen LogP contribution in [0, 0.1) is 0 Å². The molecule has 45 heavy (non-hydrogen) atoms. The van der Waals surface area contributed by atoms with Crippen molar-refractivity contribution in [3.05, 3.63) is 89.2 Å². The highest BCUT2D eigenvalue weighted by Crippen LogP contribution is 2.34.